The minimum absolute atomic E-state index is 0.0927. The van der Waals surface area contributed by atoms with E-state index in [9.17, 15) is 19.5 Å². The second kappa shape index (κ2) is 5.02. The van der Waals surface area contributed by atoms with E-state index in [1.165, 1.54) is 22.7 Å². The number of furan rings is 1. The van der Waals surface area contributed by atoms with E-state index in [1.807, 2.05) is 0 Å². The standard InChI is InChI=1S/C13H13BrN2O5S/c1-13(2)8(12(19)20)16-10(18)7(11(16)22-13)15-9(17)5-3-4-6(14)21-5/h3-4,7-8,11H,1-2H3,(H,15,17)(H,19,20)/t7-,8+,11-/m1/s1. The van der Waals surface area contributed by atoms with E-state index in [0.29, 0.717) is 4.67 Å². The Morgan fingerprint density at radius 2 is 2.14 bits per heavy atom. The third-order valence-corrected chi connectivity index (χ3v) is 5.76. The zero-order valence-electron chi connectivity index (χ0n) is 11.7. The first-order valence-electron chi connectivity index (χ1n) is 6.51. The topological polar surface area (TPSA) is 99.9 Å². The molecule has 3 rings (SSSR count). The number of halogens is 1. The van der Waals surface area contributed by atoms with Crippen LogP contribution in [-0.4, -0.2) is 50.0 Å². The summed E-state index contributed by atoms with van der Waals surface area (Å²) in [5, 5.41) is 11.6. The van der Waals surface area contributed by atoms with Gasteiger partial charge >= 0.3 is 5.97 Å². The molecule has 0 spiro atoms. The fraction of sp³-hybridized carbons (Fsp3) is 0.462. The van der Waals surface area contributed by atoms with Crippen molar-refractivity contribution in [1.82, 2.24) is 10.2 Å². The minimum Gasteiger partial charge on any atom is -0.480 e. The van der Waals surface area contributed by atoms with Gasteiger partial charge in [0.1, 0.15) is 17.5 Å². The minimum atomic E-state index is -1.03. The number of carbonyl (C=O) groups is 3. The van der Waals surface area contributed by atoms with Gasteiger partial charge in [-0.15, -0.1) is 11.8 Å². The van der Waals surface area contributed by atoms with Crippen LogP contribution >= 0.6 is 27.7 Å². The Kier molecular flexibility index (Phi) is 3.52. The molecule has 7 nitrogen and oxygen atoms in total. The van der Waals surface area contributed by atoms with E-state index in [1.54, 1.807) is 19.9 Å². The van der Waals surface area contributed by atoms with Crippen LogP contribution < -0.4 is 5.32 Å². The van der Waals surface area contributed by atoms with Crippen molar-refractivity contribution in [2.75, 3.05) is 0 Å². The Hall–Kier alpha value is -1.48. The Labute approximate surface area is 138 Å². The molecule has 22 heavy (non-hydrogen) atoms. The van der Waals surface area contributed by atoms with Gasteiger partial charge in [0.2, 0.25) is 5.91 Å². The van der Waals surface area contributed by atoms with Gasteiger partial charge in [0, 0.05) is 4.75 Å². The van der Waals surface area contributed by atoms with Gasteiger partial charge in [-0.05, 0) is 41.9 Å². The Morgan fingerprint density at radius 1 is 1.45 bits per heavy atom. The van der Waals surface area contributed by atoms with E-state index in [4.69, 9.17) is 4.42 Å². The van der Waals surface area contributed by atoms with Crippen LogP contribution in [0.2, 0.25) is 0 Å². The predicted molar refractivity (Wildman–Crippen MR) is 81.4 cm³/mol. The summed E-state index contributed by atoms with van der Waals surface area (Å²) in [6, 6.07) is 1.45. The number of nitrogens with zero attached hydrogens (tertiary/aromatic N) is 1. The van der Waals surface area contributed by atoms with Crippen LogP contribution in [0.25, 0.3) is 0 Å². The van der Waals surface area contributed by atoms with E-state index in [2.05, 4.69) is 21.2 Å². The Bertz CT molecular complexity index is 673. The molecule has 118 valence electrons. The Morgan fingerprint density at radius 3 is 2.68 bits per heavy atom. The first kappa shape index (κ1) is 15.4. The van der Waals surface area contributed by atoms with Gasteiger partial charge in [-0.25, -0.2) is 4.79 Å². The lowest BCUT2D eigenvalue weighted by atomic mass is 9.96. The van der Waals surface area contributed by atoms with E-state index >= 15 is 0 Å². The highest BCUT2D eigenvalue weighted by atomic mass is 79.9. The number of hydrogen-bond acceptors (Lipinski definition) is 5. The predicted octanol–water partition coefficient (Wildman–Crippen LogP) is 1.29. The van der Waals surface area contributed by atoms with Crippen molar-refractivity contribution < 1.29 is 23.9 Å². The molecule has 1 aromatic heterocycles. The van der Waals surface area contributed by atoms with Crippen molar-refractivity contribution in [2.45, 2.75) is 36.1 Å². The van der Waals surface area contributed by atoms with E-state index in [0.717, 1.165) is 0 Å². The molecule has 2 fully saturated rings. The van der Waals surface area contributed by atoms with Gasteiger partial charge in [0.05, 0.1) is 0 Å². The summed E-state index contributed by atoms with van der Waals surface area (Å²) in [4.78, 5) is 37.0. The molecule has 1 aromatic rings. The number of amides is 2. The number of rotatable bonds is 3. The number of fused-ring (bicyclic) bond motifs is 1. The number of aliphatic carboxylic acids is 1. The average Bonchev–Trinajstić information content (AvgIpc) is 2.95. The third-order valence-electron chi connectivity index (χ3n) is 3.76. The van der Waals surface area contributed by atoms with Gasteiger partial charge < -0.3 is 19.7 Å². The molecule has 2 aliphatic rings. The third kappa shape index (κ3) is 2.23. The van der Waals surface area contributed by atoms with Crippen molar-refractivity contribution in [2.24, 2.45) is 0 Å². The number of thioether (sulfide) groups is 1. The lowest BCUT2D eigenvalue weighted by Gasteiger charge is -2.43. The number of hydrogen-bond donors (Lipinski definition) is 2. The summed E-state index contributed by atoms with van der Waals surface area (Å²) in [5.74, 6) is -1.82. The summed E-state index contributed by atoms with van der Waals surface area (Å²) in [6.45, 7) is 3.56. The number of carbonyl (C=O) groups excluding carboxylic acids is 2. The number of carboxylic acids is 1. The molecule has 2 N–H and O–H groups in total. The van der Waals surface area contributed by atoms with Crippen molar-refractivity contribution in [3.63, 3.8) is 0 Å². The maximum absolute atomic E-state index is 12.2. The van der Waals surface area contributed by atoms with E-state index in [-0.39, 0.29) is 17.0 Å². The summed E-state index contributed by atoms with van der Waals surface area (Å²) >= 11 is 4.48. The molecular formula is C13H13BrN2O5S. The first-order valence-corrected chi connectivity index (χ1v) is 8.18. The van der Waals surface area contributed by atoms with Crippen molar-refractivity contribution in [3.05, 3.63) is 22.6 Å². The maximum atomic E-state index is 12.2. The molecule has 0 bridgehead atoms. The zero-order chi connectivity index (χ0) is 16.2. The molecule has 3 heterocycles. The molecule has 0 radical (unpaired) electrons. The molecule has 0 aliphatic carbocycles. The van der Waals surface area contributed by atoms with Crippen molar-refractivity contribution in [3.8, 4) is 0 Å². The molecule has 0 unspecified atom stereocenters. The van der Waals surface area contributed by atoms with Gasteiger partial charge in [-0.1, -0.05) is 0 Å². The summed E-state index contributed by atoms with van der Waals surface area (Å²) in [5.41, 5.74) is 0. The smallest absolute Gasteiger partial charge is 0.327 e. The highest BCUT2D eigenvalue weighted by molar-refractivity contribution is 9.10. The monoisotopic (exact) mass is 388 g/mol. The van der Waals surface area contributed by atoms with E-state index < -0.39 is 28.7 Å². The highest BCUT2D eigenvalue weighted by Crippen LogP contribution is 2.50. The second-order valence-corrected chi connectivity index (χ2v) is 8.21. The summed E-state index contributed by atoms with van der Waals surface area (Å²) in [6.07, 6.45) is 0. The van der Waals surface area contributed by atoms with Gasteiger partial charge in [-0.2, -0.15) is 0 Å². The van der Waals surface area contributed by atoms with Crippen LogP contribution in [0.1, 0.15) is 24.4 Å². The van der Waals surface area contributed by atoms with Crippen LogP contribution in [-0.2, 0) is 9.59 Å². The average molecular weight is 389 g/mol. The first-order chi connectivity index (χ1) is 10.2. The fourth-order valence-electron chi connectivity index (χ4n) is 2.79. The normalized spacial score (nSPS) is 29.0. The molecule has 3 atom stereocenters. The van der Waals surface area contributed by atoms with Crippen molar-refractivity contribution >= 4 is 45.5 Å². The van der Waals surface area contributed by atoms with Crippen molar-refractivity contribution in [1.29, 1.82) is 0 Å². The molecule has 0 saturated carbocycles. The number of carboxylic acid groups (broad SMARTS) is 1. The molecule has 0 aromatic carbocycles. The lowest BCUT2D eigenvalue weighted by molar-refractivity contribution is -0.159. The van der Waals surface area contributed by atoms with Crippen LogP contribution in [0.5, 0.6) is 0 Å². The van der Waals surface area contributed by atoms with Crippen LogP contribution in [0, 0.1) is 0 Å². The van der Waals surface area contributed by atoms with Crippen LogP contribution in [0.15, 0.2) is 21.2 Å². The number of nitrogens with one attached hydrogen (secondary N) is 1. The lowest BCUT2D eigenvalue weighted by Crippen LogP contribution is -2.70. The van der Waals surface area contributed by atoms with Crippen LogP contribution in [0.3, 0.4) is 0 Å². The van der Waals surface area contributed by atoms with Gasteiger partial charge in [0.15, 0.2) is 10.4 Å². The largest absolute Gasteiger partial charge is 0.480 e. The maximum Gasteiger partial charge on any atom is 0.327 e. The molecule has 2 amide bonds. The quantitative estimate of drug-likeness (QED) is 0.756. The molecule has 2 aliphatic heterocycles. The second-order valence-electron chi connectivity index (χ2n) is 5.65. The summed E-state index contributed by atoms with van der Waals surface area (Å²) < 4.78 is 4.95. The Balaban J connectivity index is 1.75. The molecule has 9 heteroatoms. The zero-order valence-corrected chi connectivity index (χ0v) is 14.1. The number of β-lactam (4-membered cyclic amide) rings is 1. The fourth-order valence-corrected chi connectivity index (χ4v) is 4.73. The SMILES string of the molecule is CC1(C)S[C@@H]2[C@H](NC(=O)c3ccc(Br)o3)C(=O)N2[C@H]1C(=O)O. The van der Waals surface area contributed by atoms with Gasteiger partial charge in [0.25, 0.3) is 5.91 Å². The summed E-state index contributed by atoms with van der Waals surface area (Å²) in [7, 11) is 0. The molecular weight excluding hydrogens is 376 g/mol. The van der Waals surface area contributed by atoms with Crippen LogP contribution in [0.4, 0.5) is 0 Å². The highest BCUT2D eigenvalue weighted by Gasteiger charge is 2.64. The molecule has 2 saturated heterocycles. The van der Waals surface area contributed by atoms with Gasteiger partial charge in [-0.3, -0.25) is 9.59 Å².